The van der Waals surface area contributed by atoms with Gasteiger partial charge in [0.2, 0.25) is 5.95 Å². The summed E-state index contributed by atoms with van der Waals surface area (Å²) in [6, 6.07) is 3.55. The molecule has 2 atom stereocenters. The van der Waals surface area contributed by atoms with Gasteiger partial charge >= 0.3 is 6.09 Å². The van der Waals surface area contributed by atoms with E-state index in [2.05, 4.69) is 4.98 Å². The van der Waals surface area contributed by atoms with Crippen molar-refractivity contribution in [1.29, 1.82) is 0 Å². The summed E-state index contributed by atoms with van der Waals surface area (Å²) in [6.45, 7) is 10.3. The fourth-order valence-corrected chi connectivity index (χ4v) is 2.99. The number of likely N-dealkylation sites (tertiary alicyclic amines) is 1. The first kappa shape index (κ1) is 18.6. The molecule has 0 bridgehead atoms. The monoisotopic (exact) mass is 337 g/mol. The zero-order valence-corrected chi connectivity index (χ0v) is 15.2. The van der Waals surface area contributed by atoms with Crippen LogP contribution in [0.15, 0.2) is 12.1 Å². The van der Waals surface area contributed by atoms with Crippen molar-refractivity contribution < 1.29 is 13.9 Å². The van der Waals surface area contributed by atoms with E-state index < -0.39 is 17.1 Å². The van der Waals surface area contributed by atoms with Crippen molar-refractivity contribution in [2.45, 2.75) is 58.6 Å². The van der Waals surface area contributed by atoms with Gasteiger partial charge in [-0.3, -0.25) is 0 Å². The zero-order chi connectivity index (χ0) is 18.1. The van der Waals surface area contributed by atoms with Crippen molar-refractivity contribution in [2.75, 3.05) is 13.1 Å². The van der Waals surface area contributed by atoms with E-state index in [9.17, 15) is 9.18 Å². The van der Waals surface area contributed by atoms with Gasteiger partial charge in [-0.2, -0.15) is 4.39 Å². The molecule has 1 aliphatic rings. The molecule has 0 aromatic carbocycles. The van der Waals surface area contributed by atoms with Crippen LogP contribution in [0, 0.1) is 18.8 Å². The van der Waals surface area contributed by atoms with E-state index in [-0.39, 0.29) is 12.0 Å². The molecule has 2 N–H and O–H groups in total. The second-order valence-corrected chi connectivity index (χ2v) is 7.90. The SMILES string of the molecule is Cc1ccc(CC[C@@]2(N)CN(C(=O)OC(C)(C)C)C[C@@H]2C)c(F)n1. The summed E-state index contributed by atoms with van der Waals surface area (Å²) in [7, 11) is 0. The Kier molecular flexibility index (Phi) is 5.18. The molecule has 0 spiro atoms. The molecule has 1 aromatic rings. The summed E-state index contributed by atoms with van der Waals surface area (Å²) in [5.74, 6) is -0.320. The van der Waals surface area contributed by atoms with Gasteiger partial charge in [-0.25, -0.2) is 9.78 Å². The molecule has 1 aliphatic heterocycles. The number of carbonyl (C=O) groups is 1. The van der Waals surface area contributed by atoms with Crippen LogP contribution in [0.1, 0.15) is 45.4 Å². The van der Waals surface area contributed by atoms with Crippen LogP contribution < -0.4 is 5.73 Å². The Labute approximate surface area is 143 Å². The number of aromatic nitrogens is 1. The maximum atomic E-state index is 13.9. The van der Waals surface area contributed by atoms with E-state index >= 15 is 0 Å². The Hall–Kier alpha value is -1.69. The average Bonchev–Trinajstić information content (AvgIpc) is 2.73. The molecule has 24 heavy (non-hydrogen) atoms. The van der Waals surface area contributed by atoms with Gasteiger partial charge in [0.25, 0.3) is 0 Å². The van der Waals surface area contributed by atoms with Gasteiger partial charge in [0, 0.05) is 29.9 Å². The van der Waals surface area contributed by atoms with Gasteiger partial charge in [0.05, 0.1) is 0 Å². The number of ether oxygens (including phenoxy) is 1. The molecule has 1 saturated heterocycles. The average molecular weight is 337 g/mol. The quantitative estimate of drug-likeness (QED) is 0.861. The normalized spacial score (nSPS) is 24.3. The van der Waals surface area contributed by atoms with Crippen LogP contribution in [0.5, 0.6) is 0 Å². The third-order valence-electron chi connectivity index (χ3n) is 4.54. The first-order chi connectivity index (χ1) is 11.0. The number of amides is 1. The third kappa shape index (κ3) is 4.44. The number of pyridine rings is 1. The van der Waals surface area contributed by atoms with Gasteiger partial charge in [0.15, 0.2) is 0 Å². The molecule has 1 aromatic heterocycles. The number of carbonyl (C=O) groups excluding carboxylic acids is 1. The molecule has 1 amide bonds. The van der Waals surface area contributed by atoms with Crippen molar-refractivity contribution in [1.82, 2.24) is 9.88 Å². The molecule has 6 heteroatoms. The predicted molar refractivity (Wildman–Crippen MR) is 91.1 cm³/mol. The summed E-state index contributed by atoms with van der Waals surface area (Å²) in [5.41, 5.74) is 6.67. The van der Waals surface area contributed by atoms with E-state index in [1.165, 1.54) is 0 Å². The summed E-state index contributed by atoms with van der Waals surface area (Å²) in [6.07, 6.45) is 0.752. The minimum Gasteiger partial charge on any atom is -0.444 e. The maximum absolute atomic E-state index is 13.9. The Balaban J connectivity index is 2.00. The lowest BCUT2D eigenvalue weighted by Crippen LogP contribution is -2.48. The lowest BCUT2D eigenvalue weighted by atomic mass is 9.84. The van der Waals surface area contributed by atoms with Crippen LogP contribution in [0.4, 0.5) is 9.18 Å². The molecule has 1 fully saturated rings. The van der Waals surface area contributed by atoms with E-state index in [0.29, 0.717) is 37.2 Å². The molecule has 134 valence electrons. The molecule has 0 saturated carbocycles. The van der Waals surface area contributed by atoms with Gasteiger partial charge in [-0.15, -0.1) is 0 Å². The molecule has 0 aliphatic carbocycles. The van der Waals surface area contributed by atoms with Crippen molar-refractivity contribution in [3.05, 3.63) is 29.3 Å². The van der Waals surface area contributed by atoms with E-state index in [4.69, 9.17) is 10.5 Å². The number of halogens is 1. The van der Waals surface area contributed by atoms with Crippen molar-refractivity contribution in [3.8, 4) is 0 Å². The Morgan fingerprint density at radius 3 is 2.75 bits per heavy atom. The summed E-state index contributed by atoms with van der Waals surface area (Å²) in [4.78, 5) is 17.7. The van der Waals surface area contributed by atoms with E-state index in [1.54, 1.807) is 24.0 Å². The second-order valence-electron chi connectivity index (χ2n) is 7.90. The lowest BCUT2D eigenvalue weighted by molar-refractivity contribution is 0.0281. The fraction of sp³-hybridized carbons (Fsp3) is 0.667. The molecule has 5 nitrogen and oxygen atoms in total. The third-order valence-corrected chi connectivity index (χ3v) is 4.54. The minimum atomic E-state index is -0.547. The number of hydrogen-bond donors (Lipinski definition) is 1. The van der Waals surface area contributed by atoms with Gasteiger partial charge in [0.1, 0.15) is 5.60 Å². The predicted octanol–water partition coefficient (Wildman–Crippen LogP) is 3.05. The van der Waals surface area contributed by atoms with Gasteiger partial charge in [-0.1, -0.05) is 13.0 Å². The molecule has 2 heterocycles. The Bertz CT molecular complexity index is 615. The van der Waals surface area contributed by atoms with Crippen molar-refractivity contribution >= 4 is 6.09 Å². The molecule has 0 unspecified atom stereocenters. The fourth-order valence-electron chi connectivity index (χ4n) is 2.99. The number of hydrogen-bond acceptors (Lipinski definition) is 4. The standard InChI is InChI=1S/C18H28FN3O2/c1-12-10-22(16(23)24-17(3,4)5)11-18(12,20)9-8-14-7-6-13(2)21-15(14)19/h6-7,12H,8-11,20H2,1-5H3/t12-,18+/m0/s1. The highest BCUT2D eigenvalue weighted by molar-refractivity contribution is 5.68. The lowest BCUT2D eigenvalue weighted by Gasteiger charge is -2.29. The van der Waals surface area contributed by atoms with Crippen LogP contribution >= 0.6 is 0 Å². The smallest absolute Gasteiger partial charge is 0.410 e. The first-order valence-electron chi connectivity index (χ1n) is 8.39. The first-order valence-corrected chi connectivity index (χ1v) is 8.39. The minimum absolute atomic E-state index is 0.117. The molecular weight excluding hydrogens is 309 g/mol. The summed E-state index contributed by atoms with van der Waals surface area (Å²) >= 11 is 0. The van der Waals surface area contributed by atoms with Gasteiger partial charge in [-0.05, 0) is 52.5 Å². The zero-order valence-electron chi connectivity index (χ0n) is 15.2. The molecule has 2 rings (SSSR count). The van der Waals surface area contributed by atoms with Crippen LogP contribution in [0.25, 0.3) is 0 Å². The molecule has 0 radical (unpaired) electrons. The van der Waals surface area contributed by atoms with E-state index in [1.807, 2.05) is 27.7 Å². The van der Waals surface area contributed by atoms with Crippen LogP contribution in [0.2, 0.25) is 0 Å². The van der Waals surface area contributed by atoms with Crippen LogP contribution in [-0.2, 0) is 11.2 Å². The number of nitrogens with zero attached hydrogens (tertiary/aromatic N) is 2. The highest BCUT2D eigenvalue weighted by Crippen LogP contribution is 2.30. The number of aryl methyl sites for hydroxylation is 2. The number of nitrogens with two attached hydrogens (primary N) is 1. The maximum Gasteiger partial charge on any atom is 0.410 e. The highest BCUT2D eigenvalue weighted by Gasteiger charge is 2.43. The van der Waals surface area contributed by atoms with Crippen LogP contribution in [0.3, 0.4) is 0 Å². The topological polar surface area (TPSA) is 68.5 Å². The largest absolute Gasteiger partial charge is 0.444 e. The summed E-state index contributed by atoms with van der Waals surface area (Å²) < 4.78 is 19.3. The Morgan fingerprint density at radius 2 is 2.17 bits per heavy atom. The highest BCUT2D eigenvalue weighted by atomic mass is 19.1. The van der Waals surface area contributed by atoms with Gasteiger partial charge < -0.3 is 15.4 Å². The number of rotatable bonds is 3. The Morgan fingerprint density at radius 1 is 1.50 bits per heavy atom. The summed E-state index contributed by atoms with van der Waals surface area (Å²) in [5, 5.41) is 0. The van der Waals surface area contributed by atoms with Crippen LogP contribution in [-0.4, -0.2) is 40.2 Å². The molecular formula is C18H28FN3O2. The second kappa shape index (κ2) is 6.67. The van der Waals surface area contributed by atoms with Crippen molar-refractivity contribution in [2.24, 2.45) is 11.7 Å². The van der Waals surface area contributed by atoms with Crippen molar-refractivity contribution in [3.63, 3.8) is 0 Å². The van der Waals surface area contributed by atoms with E-state index in [0.717, 1.165) is 0 Å².